The second kappa shape index (κ2) is 11.2. The van der Waals surface area contributed by atoms with Gasteiger partial charge in [0.05, 0.1) is 11.0 Å². The topological polar surface area (TPSA) is 43.6 Å². The van der Waals surface area contributed by atoms with Gasteiger partial charge in [-0.25, -0.2) is 15.0 Å². The highest BCUT2D eigenvalue weighted by Gasteiger charge is 2.17. The van der Waals surface area contributed by atoms with Crippen molar-refractivity contribution in [2.24, 2.45) is 0 Å². The maximum atomic E-state index is 5.07. The molecule has 0 spiro atoms. The van der Waals surface area contributed by atoms with Crippen LogP contribution in [0.4, 0.5) is 0 Å². The van der Waals surface area contributed by atoms with Crippen LogP contribution in [0.15, 0.2) is 170 Å². The lowest BCUT2D eigenvalue weighted by Gasteiger charge is -2.11. The third kappa shape index (κ3) is 4.84. The van der Waals surface area contributed by atoms with E-state index in [1.54, 1.807) is 0 Å². The van der Waals surface area contributed by atoms with Gasteiger partial charge in [-0.05, 0) is 46.2 Å². The van der Waals surface area contributed by atoms with Gasteiger partial charge in [0.25, 0.3) is 0 Å². The Kier molecular flexibility index (Phi) is 6.43. The predicted molar refractivity (Wildman–Crippen MR) is 193 cm³/mol. The van der Waals surface area contributed by atoms with Crippen molar-refractivity contribution in [2.75, 3.05) is 0 Å². The minimum absolute atomic E-state index is 0.637. The predicted octanol–water partition coefficient (Wildman–Crippen LogP) is 10.8. The van der Waals surface area contributed by atoms with Crippen LogP contribution in [-0.4, -0.2) is 19.5 Å². The average Bonchev–Trinajstić information content (AvgIpc) is 3.49. The monoisotopic (exact) mass is 600 g/mol. The molecule has 0 N–H and O–H groups in total. The van der Waals surface area contributed by atoms with E-state index in [0.717, 1.165) is 39.0 Å². The zero-order valence-corrected chi connectivity index (χ0v) is 25.5. The van der Waals surface area contributed by atoms with E-state index in [-0.39, 0.29) is 0 Å². The number of hydrogen-bond acceptors (Lipinski definition) is 3. The summed E-state index contributed by atoms with van der Waals surface area (Å²) in [4.78, 5) is 15.1. The third-order valence-electron chi connectivity index (χ3n) is 8.84. The van der Waals surface area contributed by atoms with Crippen LogP contribution in [-0.2, 0) is 0 Å². The summed E-state index contributed by atoms with van der Waals surface area (Å²) in [5.41, 5.74) is 8.54. The fourth-order valence-corrected chi connectivity index (χ4v) is 6.50. The van der Waals surface area contributed by atoms with Gasteiger partial charge >= 0.3 is 0 Å². The standard InChI is InChI=1S/C43H28N4/c1-3-11-29(12-4-1)31-19-21-33(22-20-31)42-44-41(32-14-5-2-6-15-32)45-43(46-42)35-24-26-38-37-17-9-10-18-39(37)47(40(38)28-35)36-25-23-30-13-7-8-16-34(30)27-36/h1-28H. The van der Waals surface area contributed by atoms with Crippen LogP contribution in [0, 0.1) is 0 Å². The highest BCUT2D eigenvalue weighted by Crippen LogP contribution is 2.36. The fraction of sp³-hybridized carbons (Fsp3) is 0. The highest BCUT2D eigenvalue weighted by atomic mass is 15.0. The Morgan fingerprint density at radius 3 is 1.57 bits per heavy atom. The largest absolute Gasteiger partial charge is 0.309 e. The molecule has 2 heterocycles. The van der Waals surface area contributed by atoms with Crippen LogP contribution >= 0.6 is 0 Å². The number of fused-ring (bicyclic) bond motifs is 4. The molecule has 0 aliphatic carbocycles. The third-order valence-corrected chi connectivity index (χ3v) is 8.84. The quantitative estimate of drug-likeness (QED) is 0.197. The summed E-state index contributed by atoms with van der Waals surface area (Å²) in [7, 11) is 0. The lowest BCUT2D eigenvalue weighted by Crippen LogP contribution is -2.00. The number of hydrogen-bond donors (Lipinski definition) is 0. The number of rotatable bonds is 5. The van der Waals surface area contributed by atoms with Crippen LogP contribution in [0.25, 0.3) is 83.6 Å². The van der Waals surface area contributed by atoms with Crippen molar-refractivity contribution < 1.29 is 0 Å². The van der Waals surface area contributed by atoms with Crippen molar-refractivity contribution in [3.8, 4) is 51.0 Å². The summed E-state index contributed by atoms with van der Waals surface area (Å²) < 4.78 is 2.35. The maximum absolute atomic E-state index is 5.07. The lowest BCUT2D eigenvalue weighted by molar-refractivity contribution is 1.07. The summed E-state index contributed by atoms with van der Waals surface area (Å²) in [5, 5.41) is 4.83. The molecule has 0 atom stereocenters. The van der Waals surface area contributed by atoms with Crippen LogP contribution in [0.2, 0.25) is 0 Å². The SMILES string of the molecule is c1ccc(-c2ccc(-c3nc(-c4ccccc4)nc(-c4ccc5c6ccccc6n(-c6ccc7ccccc7c6)c5c4)n3)cc2)cc1. The Morgan fingerprint density at radius 1 is 0.319 bits per heavy atom. The molecule has 220 valence electrons. The molecule has 0 fully saturated rings. The molecule has 47 heavy (non-hydrogen) atoms. The van der Waals surface area contributed by atoms with E-state index in [0.29, 0.717) is 17.5 Å². The maximum Gasteiger partial charge on any atom is 0.164 e. The van der Waals surface area contributed by atoms with Crippen molar-refractivity contribution in [1.82, 2.24) is 19.5 Å². The molecule has 0 aliphatic rings. The smallest absolute Gasteiger partial charge is 0.164 e. The summed E-state index contributed by atoms with van der Waals surface area (Å²) in [6.45, 7) is 0. The first kappa shape index (κ1) is 27.0. The van der Waals surface area contributed by atoms with Gasteiger partial charge in [0.2, 0.25) is 0 Å². The second-order valence-corrected chi connectivity index (χ2v) is 11.7. The van der Waals surface area contributed by atoms with E-state index in [1.165, 1.54) is 27.1 Å². The lowest BCUT2D eigenvalue weighted by atomic mass is 10.0. The summed E-state index contributed by atoms with van der Waals surface area (Å²) >= 11 is 0. The zero-order chi connectivity index (χ0) is 31.2. The summed E-state index contributed by atoms with van der Waals surface area (Å²) in [5.74, 6) is 1.93. The van der Waals surface area contributed by atoms with Crippen LogP contribution in [0.5, 0.6) is 0 Å². The molecule has 7 aromatic carbocycles. The van der Waals surface area contributed by atoms with Gasteiger partial charge < -0.3 is 4.57 Å². The Balaban J connectivity index is 1.23. The van der Waals surface area contributed by atoms with Gasteiger partial charge in [-0.2, -0.15) is 0 Å². The van der Waals surface area contributed by atoms with Crippen molar-refractivity contribution in [2.45, 2.75) is 0 Å². The molecule has 0 bridgehead atoms. The Labute approximate surface area is 272 Å². The van der Waals surface area contributed by atoms with Crippen LogP contribution in [0.3, 0.4) is 0 Å². The minimum atomic E-state index is 0.637. The molecule has 0 saturated heterocycles. The summed E-state index contributed by atoms with van der Waals surface area (Å²) in [6, 6.07) is 59.3. The first-order chi connectivity index (χ1) is 23.3. The number of nitrogens with zero attached hydrogens (tertiary/aromatic N) is 4. The van der Waals surface area contributed by atoms with Gasteiger partial charge in [0, 0.05) is 33.2 Å². The second-order valence-electron chi connectivity index (χ2n) is 11.7. The summed E-state index contributed by atoms with van der Waals surface area (Å²) in [6.07, 6.45) is 0. The number of para-hydroxylation sites is 1. The van der Waals surface area contributed by atoms with Gasteiger partial charge in [0.15, 0.2) is 17.5 Å². The van der Waals surface area contributed by atoms with Crippen LogP contribution < -0.4 is 0 Å². The number of benzene rings is 7. The molecule has 9 rings (SSSR count). The van der Waals surface area contributed by atoms with Crippen molar-refractivity contribution in [1.29, 1.82) is 0 Å². The molecular formula is C43H28N4. The molecule has 0 aliphatic heterocycles. The van der Waals surface area contributed by atoms with Gasteiger partial charge in [-0.15, -0.1) is 0 Å². The van der Waals surface area contributed by atoms with Crippen molar-refractivity contribution >= 4 is 32.6 Å². The normalized spacial score (nSPS) is 11.4. The zero-order valence-electron chi connectivity index (χ0n) is 25.5. The van der Waals surface area contributed by atoms with E-state index >= 15 is 0 Å². The highest BCUT2D eigenvalue weighted by molar-refractivity contribution is 6.10. The van der Waals surface area contributed by atoms with Crippen LogP contribution in [0.1, 0.15) is 0 Å². The van der Waals surface area contributed by atoms with E-state index in [1.807, 2.05) is 36.4 Å². The van der Waals surface area contributed by atoms with E-state index in [4.69, 9.17) is 15.0 Å². The van der Waals surface area contributed by atoms with Gasteiger partial charge in [-0.3, -0.25) is 0 Å². The first-order valence-corrected chi connectivity index (χ1v) is 15.8. The molecule has 0 saturated carbocycles. The van der Waals surface area contributed by atoms with Gasteiger partial charge in [-0.1, -0.05) is 146 Å². The first-order valence-electron chi connectivity index (χ1n) is 15.8. The Morgan fingerprint density at radius 2 is 0.830 bits per heavy atom. The molecule has 0 radical (unpaired) electrons. The molecule has 2 aromatic heterocycles. The number of aromatic nitrogens is 4. The van der Waals surface area contributed by atoms with E-state index in [2.05, 4.69) is 138 Å². The molecule has 0 amide bonds. The average molecular weight is 601 g/mol. The van der Waals surface area contributed by atoms with Gasteiger partial charge in [0.1, 0.15) is 0 Å². The Hall–Kier alpha value is -6.39. The minimum Gasteiger partial charge on any atom is -0.309 e. The molecule has 4 heteroatoms. The molecule has 4 nitrogen and oxygen atoms in total. The Bertz CT molecular complexity index is 2550. The van der Waals surface area contributed by atoms with E-state index < -0.39 is 0 Å². The van der Waals surface area contributed by atoms with E-state index in [9.17, 15) is 0 Å². The van der Waals surface area contributed by atoms with Crippen molar-refractivity contribution in [3.63, 3.8) is 0 Å². The fourth-order valence-electron chi connectivity index (χ4n) is 6.50. The molecule has 0 unspecified atom stereocenters. The molecule has 9 aromatic rings. The van der Waals surface area contributed by atoms with Crippen molar-refractivity contribution in [3.05, 3.63) is 170 Å². The molecular weight excluding hydrogens is 573 g/mol.